The van der Waals surface area contributed by atoms with E-state index in [2.05, 4.69) is 0 Å². The lowest BCUT2D eigenvalue weighted by Crippen LogP contribution is -2.57. The molecule has 0 unspecified atom stereocenters. The minimum atomic E-state index is -0.888. The van der Waals surface area contributed by atoms with Gasteiger partial charge in [-0.15, -0.1) is 0 Å². The number of likely N-dealkylation sites (tertiary alicyclic amines) is 1. The molecule has 0 spiro atoms. The van der Waals surface area contributed by atoms with E-state index < -0.39 is 6.09 Å². The Kier molecular flexibility index (Phi) is 1.19. The van der Waals surface area contributed by atoms with Crippen molar-refractivity contribution in [3.63, 3.8) is 0 Å². The fourth-order valence-corrected chi connectivity index (χ4v) is 1.92. The maximum atomic E-state index is 11.0. The van der Waals surface area contributed by atoms with Crippen molar-refractivity contribution in [2.75, 3.05) is 6.54 Å². The topological polar surface area (TPSA) is 57.6 Å². The van der Waals surface area contributed by atoms with E-state index in [1.54, 1.807) is 0 Å². The number of fused-ring (bicyclic) bond motifs is 1. The molecule has 4 heteroatoms. The number of carbonyl (C=O) groups is 2. The highest BCUT2D eigenvalue weighted by Gasteiger charge is 2.49. The quantitative estimate of drug-likeness (QED) is 0.548. The standard InChI is InChI=1S/C7H9NO3/c9-6-2-1-5-4(6)3-8(5)7(10)11/h4-5H,1-3H2,(H,10,11)/t4-,5-/m1/s1. The molecule has 4 nitrogen and oxygen atoms in total. The van der Waals surface area contributed by atoms with Crippen molar-refractivity contribution in [3.8, 4) is 0 Å². The summed E-state index contributed by atoms with van der Waals surface area (Å²) in [6, 6.07) is 0.0139. The number of carboxylic acid groups (broad SMARTS) is 1. The van der Waals surface area contributed by atoms with Gasteiger partial charge in [0.15, 0.2) is 0 Å². The second kappa shape index (κ2) is 1.96. The predicted molar refractivity (Wildman–Crippen MR) is 36.2 cm³/mol. The molecule has 11 heavy (non-hydrogen) atoms. The van der Waals surface area contributed by atoms with Gasteiger partial charge in [0.1, 0.15) is 5.78 Å². The van der Waals surface area contributed by atoms with E-state index in [0.717, 1.165) is 6.42 Å². The maximum Gasteiger partial charge on any atom is 0.407 e. The molecule has 2 fully saturated rings. The van der Waals surface area contributed by atoms with Gasteiger partial charge in [-0.3, -0.25) is 4.79 Å². The van der Waals surface area contributed by atoms with Crippen molar-refractivity contribution in [2.24, 2.45) is 5.92 Å². The Hall–Kier alpha value is -1.06. The van der Waals surface area contributed by atoms with Gasteiger partial charge in [0, 0.05) is 19.0 Å². The van der Waals surface area contributed by atoms with Gasteiger partial charge in [-0.1, -0.05) is 0 Å². The first-order valence-electron chi connectivity index (χ1n) is 3.72. The first-order valence-corrected chi connectivity index (χ1v) is 3.72. The molecule has 0 aromatic heterocycles. The molecule has 0 aromatic carbocycles. The third-order valence-electron chi connectivity index (χ3n) is 2.60. The normalized spacial score (nSPS) is 34.9. The molecule has 0 aromatic rings. The molecule has 0 bridgehead atoms. The number of hydrogen-bond acceptors (Lipinski definition) is 2. The molecule has 1 amide bonds. The summed E-state index contributed by atoms with van der Waals surface area (Å²) in [5.74, 6) is 0.276. The van der Waals surface area contributed by atoms with Gasteiger partial charge in [-0.25, -0.2) is 4.79 Å². The third-order valence-corrected chi connectivity index (χ3v) is 2.60. The Balaban J connectivity index is 2.07. The van der Waals surface area contributed by atoms with E-state index in [0.29, 0.717) is 13.0 Å². The molecule has 2 aliphatic rings. The Morgan fingerprint density at radius 3 is 2.91 bits per heavy atom. The van der Waals surface area contributed by atoms with Gasteiger partial charge >= 0.3 is 6.09 Å². The van der Waals surface area contributed by atoms with Gasteiger partial charge < -0.3 is 10.0 Å². The van der Waals surface area contributed by atoms with Crippen LogP contribution in [0.25, 0.3) is 0 Å². The lowest BCUT2D eigenvalue weighted by atomic mass is 9.92. The van der Waals surface area contributed by atoms with E-state index in [1.165, 1.54) is 4.90 Å². The summed E-state index contributed by atoms with van der Waals surface area (Å²) in [7, 11) is 0. The summed E-state index contributed by atoms with van der Waals surface area (Å²) in [6.07, 6.45) is 0.413. The van der Waals surface area contributed by atoms with Crippen LogP contribution < -0.4 is 0 Å². The van der Waals surface area contributed by atoms with Crippen LogP contribution in [0.1, 0.15) is 12.8 Å². The van der Waals surface area contributed by atoms with Crippen LogP contribution in [0.3, 0.4) is 0 Å². The van der Waals surface area contributed by atoms with Crippen LogP contribution in [-0.4, -0.2) is 34.5 Å². The molecule has 1 saturated heterocycles. The molecule has 1 heterocycles. The Morgan fingerprint density at radius 2 is 2.36 bits per heavy atom. The lowest BCUT2D eigenvalue weighted by molar-refractivity contribution is -0.124. The largest absolute Gasteiger partial charge is 0.465 e. The van der Waals surface area contributed by atoms with Crippen molar-refractivity contribution in [1.82, 2.24) is 4.90 Å². The first kappa shape index (κ1) is 6.64. The molecule has 0 radical (unpaired) electrons. The maximum absolute atomic E-state index is 11.0. The minimum absolute atomic E-state index is 0.0139. The number of nitrogens with zero attached hydrogens (tertiary/aromatic N) is 1. The van der Waals surface area contributed by atoms with Crippen LogP contribution in [0.2, 0.25) is 0 Å². The second-order valence-corrected chi connectivity index (χ2v) is 3.11. The molecule has 1 N–H and O–H groups in total. The average molecular weight is 155 g/mol. The highest BCUT2D eigenvalue weighted by atomic mass is 16.4. The van der Waals surface area contributed by atoms with Crippen molar-refractivity contribution in [2.45, 2.75) is 18.9 Å². The van der Waals surface area contributed by atoms with Crippen molar-refractivity contribution in [3.05, 3.63) is 0 Å². The zero-order valence-corrected chi connectivity index (χ0v) is 5.99. The van der Waals surface area contributed by atoms with E-state index in [1.807, 2.05) is 0 Å². The molecular formula is C7H9NO3. The number of amides is 1. The van der Waals surface area contributed by atoms with Crippen molar-refractivity contribution in [1.29, 1.82) is 0 Å². The smallest absolute Gasteiger partial charge is 0.407 e. The Labute approximate surface area is 63.8 Å². The average Bonchev–Trinajstić information content (AvgIpc) is 2.06. The summed E-state index contributed by atoms with van der Waals surface area (Å²) in [5, 5.41) is 8.58. The van der Waals surface area contributed by atoms with Gasteiger partial charge in [-0.05, 0) is 6.42 Å². The highest BCUT2D eigenvalue weighted by Crippen LogP contribution is 2.36. The second-order valence-electron chi connectivity index (χ2n) is 3.11. The molecular weight excluding hydrogens is 146 g/mol. The summed E-state index contributed by atoms with van der Waals surface area (Å²) in [4.78, 5) is 22.8. The van der Waals surface area contributed by atoms with Crippen LogP contribution >= 0.6 is 0 Å². The van der Waals surface area contributed by atoms with Crippen LogP contribution in [0.5, 0.6) is 0 Å². The third kappa shape index (κ3) is 0.751. The zero-order valence-electron chi connectivity index (χ0n) is 5.99. The summed E-state index contributed by atoms with van der Waals surface area (Å²) >= 11 is 0. The molecule has 60 valence electrons. The fourth-order valence-electron chi connectivity index (χ4n) is 1.92. The summed E-state index contributed by atoms with van der Waals surface area (Å²) in [6.45, 7) is 0.429. The van der Waals surface area contributed by atoms with Crippen LogP contribution in [0, 0.1) is 5.92 Å². The van der Waals surface area contributed by atoms with Gasteiger partial charge in [0.2, 0.25) is 0 Å². The Bertz CT molecular complexity index is 226. The van der Waals surface area contributed by atoms with Gasteiger partial charge in [-0.2, -0.15) is 0 Å². The first-order chi connectivity index (χ1) is 5.20. The number of ketones is 1. The van der Waals surface area contributed by atoms with Gasteiger partial charge in [0.25, 0.3) is 0 Å². The molecule has 1 saturated carbocycles. The van der Waals surface area contributed by atoms with E-state index in [4.69, 9.17) is 5.11 Å². The van der Waals surface area contributed by atoms with Gasteiger partial charge in [0.05, 0.1) is 5.92 Å². The number of carbonyl (C=O) groups excluding carboxylic acids is 1. The summed E-state index contributed by atoms with van der Waals surface area (Å²) in [5.41, 5.74) is 0. The number of hydrogen-bond donors (Lipinski definition) is 1. The highest BCUT2D eigenvalue weighted by molar-refractivity contribution is 5.87. The molecule has 2 atom stereocenters. The number of rotatable bonds is 0. The summed E-state index contributed by atoms with van der Waals surface area (Å²) < 4.78 is 0. The fraction of sp³-hybridized carbons (Fsp3) is 0.714. The van der Waals surface area contributed by atoms with E-state index in [9.17, 15) is 9.59 Å². The molecule has 1 aliphatic heterocycles. The van der Waals surface area contributed by atoms with Crippen molar-refractivity contribution >= 4 is 11.9 Å². The Morgan fingerprint density at radius 1 is 1.64 bits per heavy atom. The van der Waals surface area contributed by atoms with E-state index in [-0.39, 0.29) is 17.7 Å². The SMILES string of the molecule is O=C1CC[C@@H]2[C@H]1CN2C(=O)O. The van der Waals surface area contributed by atoms with Crippen LogP contribution in [-0.2, 0) is 4.79 Å². The lowest BCUT2D eigenvalue weighted by Gasteiger charge is -2.41. The van der Waals surface area contributed by atoms with Crippen LogP contribution in [0.15, 0.2) is 0 Å². The predicted octanol–water partition coefficient (Wildman–Crippen LogP) is 0.328. The van der Waals surface area contributed by atoms with E-state index >= 15 is 0 Å². The van der Waals surface area contributed by atoms with Crippen LogP contribution in [0.4, 0.5) is 4.79 Å². The zero-order chi connectivity index (χ0) is 8.01. The molecule has 2 rings (SSSR count). The van der Waals surface area contributed by atoms with Crippen molar-refractivity contribution < 1.29 is 14.7 Å². The monoisotopic (exact) mass is 155 g/mol. The molecule has 1 aliphatic carbocycles. The minimum Gasteiger partial charge on any atom is -0.465 e. The number of Topliss-reactive ketones (excluding diaryl/α,β-unsaturated/α-hetero) is 1.